The first-order valence-corrected chi connectivity index (χ1v) is 8.32. The van der Waals surface area contributed by atoms with Crippen LogP contribution in [0, 0.1) is 0 Å². The summed E-state index contributed by atoms with van der Waals surface area (Å²) in [5.74, 6) is 0.990. The van der Waals surface area contributed by atoms with E-state index in [1.807, 2.05) is 59.5 Å². The van der Waals surface area contributed by atoms with E-state index in [2.05, 4.69) is 0 Å². The smallest absolute Gasteiger partial charge is 0.226 e. The number of carbonyl (C=O) groups is 1. The summed E-state index contributed by atoms with van der Waals surface area (Å²) in [4.78, 5) is 14.3. The average molecular weight is 330 g/mol. The molecule has 0 saturated carbocycles. The van der Waals surface area contributed by atoms with Gasteiger partial charge in [-0.1, -0.05) is 48.0 Å². The van der Waals surface area contributed by atoms with Gasteiger partial charge in [-0.25, -0.2) is 0 Å². The Kier molecular flexibility index (Phi) is 5.19. The van der Waals surface area contributed by atoms with Crippen LogP contribution in [0.2, 0.25) is 5.02 Å². The molecule has 1 saturated heterocycles. The molecular formula is C19H20ClNO2. The highest BCUT2D eigenvalue weighted by atomic mass is 35.5. The third-order valence-corrected chi connectivity index (χ3v) is 4.33. The number of rotatable bonds is 4. The molecule has 0 radical (unpaired) electrons. The molecule has 0 atom stereocenters. The van der Waals surface area contributed by atoms with Crippen LogP contribution < -0.4 is 4.74 Å². The van der Waals surface area contributed by atoms with Crippen LogP contribution in [0.4, 0.5) is 0 Å². The Morgan fingerprint density at radius 3 is 2.52 bits per heavy atom. The van der Waals surface area contributed by atoms with Crippen molar-refractivity contribution in [3.63, 3.8) is 0 Å². The summed E-state index contributed by atoms with van der Waals surface area (Å²) in [7, 11) is 0. The van der Waals surface area contributed by atoms with Gasteiger partial charge in [0.05, 0.1) is 6.42 Å². The number of hydrogen-bond acceptors (Lipinski definition) is 2. The number of amides is 1. The van der Waals surface area contributed by atoms with E-state index >= 15 is 0 Å². The van der Waals surface area contributed by atoms with Crippen LogP contribution in [0.1, 0.15) is 18.4 Å². The van der Waals surface area contributed by atoms with Crippen molar-refractivity contribution in [1.82, 2.24) is 4.90 Å². The van der Waals surface area contributed by atoms with E-state index in [9.17, 15) is 4.79 Å². The van der Waals surface area contributed by atoms with Gasteiger partial charge >= 0.3 is 0 Å². The summed E-state index contributed by atoms with van der Waals surface area (Å²) in [5, 5.41) is 0.679. The Hall–Kier alpha value is -2.00. The molecule has 2 aromatic rings. The topological polar surface area (TPSA) is 29.5 Å². The molecule has 1 fully saturated rings. The predicted molar refractivity (Wildman–Crippen MR) is 91.8 cm³/mol. The van der Waals surface area contributed by atoms with Crippen LogP contribution in [0.3, 0.4) is 0 Å². The number of piperidine rings is 1. The number of likely N-dealkylation sites (tertiary alicyclic amines) is 1. The first-order valence-electron chi connectivity index (χ1n) is 7.94. The van der Waals surface area contributed by atoms with E-state index in [0.29, 0.717) is 11.4 Å². The van der Waals surface area contributed by atoms with Crippen molar-refractivity contribution in [2.75, 3.05) is 13.1 Å². The molecule has 0 aliphatic carbocycles. The van der Waals surface area contributed by atoms with Crippen LogP contribution in [-0.2, 0) is 11.2 Å². The Bertz CT molecular complexity index is 651. The zero-order chi connectivity index (χ0) is 16.1. The molecule has 1 aliphatic heterocycles. The fourth-order valence-electron chi connectivity index (χ4n) is 2.84. The predicted octanol–water partition coefficient (Wildman–Crippen LogP) is 3.95. The van der Waals surface area contributed by atoms with Gasteiger partial charge in [-0.3, -0.25) is 4.79 Å². The molecule has 0 N–H and O–H groups in total. The maximum absolute atomic E-state index is 12.3. The molecule has 0 spiro atoms. The van der Waals surface area contributed by atoms with E-state index in [1.165, 1.54) is 0 Å². The Balaban J connectivity index is 1.49. The van der Waals surface area contributed by atoms with E-state index in [-0.39, 0.29) is 12.0 Å². The Morgan fingerprint density at radius 2 is 1.83 bits per heavy atom. The first-order chi connectivity index (χ1) is 11.2. The largest absolute Gasteiger partial charge is 0.490 e. The molecular weight excluding hydrogens is 310 g/mol. The summed E-state index contributed by atoms with van der Waals surface area (Å²) in [6, 6.07) is 17.3. The van der Waals surface area contributed by atoms with Gasteiger partial charge in [0.15, 0.2) is 0 Å². The number of halogens is 1. The van der Waals surface area contributed by atoms with E-state index in [0.717, 1.165) is 37.2 Å². The second-order valence-corrected chi connectivity index (χ2v) is 6.25. The van der Waals surface area contributed by atoms with Gasteiger partial charge in [0.2, 0.25) is 5.91 Å². The molecule has 23 heavy (non-hydrogen) atoms. The van der Waals surface area contributed by atoms with Crippen molar-refractivity contribution in [2.24, 2.45) is 0 Å². The van der Waals surface area contributed by atoms with Crippen molar-refractivity contribution in [1.29, 1.82) is 0 Å². The van der Waals surface area contributed by atoms with Gasteiger partial charge in [0, 0.05) is 31.0 Å². The van der Waals surface area contributed by atoms with Crippen molar-refractivity contribution in [3.8, 4) is 5.75 Å². The molecule has 2 aromatic carbocycles. The van der Waals surface area contributed by atoms with Gasteiger partial charge in [-0.05, 0) is 23.8 Å². The third-order valence-electron chi connectivity index (χ3n) is 4.09. The second kappa shape index (κ2) is 7.51. The lowest BCUT2D eigenvalue weighted by atomic mass is 10.1. The van der Waals surface area contributed by atoms with Crippen molar-refractivity contribution >= 4 is 17.5 Å². The summed E-state index contributed by atoms with van der Waals surface area (Å²) < 4.78 is 5.96. The van der Waals surface area contributed by atoms with Crippen LogP contribution in [0.15, 0.2) is 54.6 Å². The lowest BCUT2D eigenvalue weighted by Crippen LogP contribution is -2.42. The molecule has 0 aromatic heterocycles. The second-order valence-electron chi connectivity index (χ2n) is 5.82. The summed E-state index contributed by atoms with van der Waals surface area (Å²) in [6.45, 7) is 1.49. The van der Waals surface area contributed by atoms with Crippen molar-refractivity contribution in [3.05, 3.63) is 65.2 Å². The van der Waals surface area contributed by atoms with Gasteiger partial charge in [0.25, 0.3) is 0 Å². The Labute approximate surface area is 141 Å². The van der Waals surface area contributed by atoms with E-state index < -0.39 is 0 Å². The maximum Gasteiger partial charge on any atom is 0.226 e. The highest BCUT2D eigenvalue weighted by Crippen LogP contribution is 2.22. The summed E-state index contributed by atoms with van der Waals surface area (Å²) in [6.07, 6.45) is 2.33. The minimum atomic E-state index is 0.147. The highest BCUT2D eigenvalue weighted by Gasteiger charge is 2.23. The monoisotopic (exact) mass is 329 g/mol. The standard InChI is InChI=1S/C19H20ClNO2/c20-16-7-4-8-18(14-16)23-17-9-11-21(12-10-17)19(22)13-15-5-2-1-3-6-15/h1-8,14,17H,9-13H2. The fraction of sp³-hybridized carbons (Fsp3) is 0.316. The van der Waals surface area contributed by atoms with E-state index in [1.54, 1.807) is 0 Å². The van der Waals surface area contributed by atoms with Crippen LogP contribution in [-0.4, -0.2) is 30.0 Å². The molecule has 0 unspecified atom stereocenters. The van der Waals surface area contributed by atoms with Gasteiger partial charge in [-0.15, -0.1) is 0 Å². The molecule has 3 nitrogen and oxygen atoms in total. The zero-order valence-corrected chi connectivity index (χ0v) is 13.7. The molecule has 120 valence electrons. The van der Waals surface area contributed by atoms with Crippen LogP contribution in [0.5, 0.6) is 5.75 Å². The third kappa shape index (κ3) is 4.49. The van der Waals surface area contributed by atoms with Gasteiger partial charge in [0.1, 0.15) is 11.9 Å². The molecule has 4 heteroatoms. The number of nitrogens with zero attached hydrogens (tertiary/aromatic N) is 1. The maximum atomic E-state index is 12.3. The minimum absolute atomic E-state index is 0.147. The minimum Gasteiger partial charge on any atom is -0.490 e. The van der Waals surface area contributed by atoms with Crippen molar-refractivity contribution in [2.45, 2.75) is 25.4 Å². The SMILES string of the molecule is O=C(Cc1ccccc1)N1CCC(Oc2cccc(Cl)c2)CC1. The molecule has 1 aliphatic rings. The van der Waals surface area contributed by atoms with Gasteiger partial charge < -0.3 is 9.64 Å². The average Bonchev–Trinajstić information content (AvgIpc) is 2.56. The lowest BCUT2D eigenvalue weighted by molar-refractivity contribution is -0.132. The summed E-state index contributed by atoms with van der Waals surface area (Å²) in [5.41, 5.74) is 1.06. The van der Waals surface area contributed by atoms with Crippen LogP contribution >= 0.6 is 11.6 Å². The fourth-order valence-corrected chi connectivity index (χ4v) is 3.02. The highest BCUT2D eigenvalue weighted by molar-refractivity contribution is 6.30. The molecule has 1 amide bonds. The van der Waals surface area contributed by atoms with Gasteiger partial charge in [-0.2, -0.15) is 0 Å². The van der Waals surface area contributed by atoms with Crippen molar-refractivity contribution < 1.29 is 9.53 Å². The van der Waals surface area contributed by atoms with Crippen LogP contribution in [0.25, 0.3) is 0 Å². The zero-order valence-electron chi connectivity index (χ0n) is 13.0. The van der Waals surface area contributed by atoms with E-state index in [4.69, 9.17) is 16.3 Å². The molecule has 1 heterocycles. The molecule has 0 bridgehead atoms. The quantitative estimate of drug-likeness (QED) is 0.850. The molecule has 3 rings (SSSR count). The number of carbonyl (C=O) groups excluding carboxylic acids is 1. The summed E-state index contributed by atoms with van der Waals surface area (Å²) >= 11 is 5.97. The lowest BCUT2D eigenvalue weighted by Gasteiger charge is -2.32. The Morgan fingerprint density at radius 1 is 1.09 bits per heavy atom. The number of hydrogen-bond donors (Lipinski definition) is 0. The number of benzene rings is 2. The normalized spacial score (nSPS) is 15.4. The first kappa shape index (κ1) is 15.9. The number of ether oxygens (including phenoxy) is 1.